The maximum absolute atomic E-state index is 12.5. The Hall–Kier alpha value is -1.11. The average molecular weight is 331 g/mol. The minimum Gasteiger partial charge on any atom is -0.338 e. The lowest BCUT2D eigenvalue weighted by molar-refractivity contribution is 0.0787. The van der Waals surface area contributed by atoms with Crippen molar-refractivity contribution in [2.45, 2.75) is 18.2 Å². The summed E-state index contributed by atoms with van der Waals surface area (Å²) in [6.07, 6.45) is 0.868. The summed E-state index contributed by atoms with van der Waals surface area (Å²) >= 11 is 6.07. The first-order valence-corrected chi connectivity index (χ1v) is 8.93. The standard InChI is InChI=1S/C14H19ClN2O3S/c1-2-21(19,20)11-3-4-13(15)12(7-11)14(18)17-6-5-10(8-16)9-17/h3-4,7,10H,2,5-6,8-9,16H2,1H3. The Balaban J connectivity index is 2.31. The molecule has 1 amide bonds. The predicted octanol–water partition coefficient (Wildman–Crippen LogP) is 1.55. The summed E-state index contributed by atoms with van der Waals surface area (Å²) in [6, 6.07) is 4.28. The quantitative estimate of drug-likeness (QED) is 0.908. The van der Waals surface area contributed by atoms with Crippen LogP contribution in [0.2, 0.25) is 5.02 Å². The molecule has 21 heavy (non-hydrogen) atoms. The minimum absolute atomic E-state index is 0.0127. The molecule has 1 unspecified atom stereocenters. The molecule has 0 bridgehead atoms. The van der Waals surface area contributed by atoms with E-state index in [4.69, 9.17) is 17.3 Å². The van der Waals surface area contributed by atoms with Crippen molar-refractivity contribution in [2.75, 3.05) is 25.4 Å². The molecule has 0 aliphatic carbocycles. The van der Waals surface area contributed by atoms with Crippen molar-refractivity contribution in [1.82, 2.24) is 4.90 Å². The summed E-state index contributed by atoms with van der Waals surface area (Å²) in [7, 11) is -3.36. The Morgan fingerprint density at radius 1 is 1.48 bits per heavy atom. The average Bonchev–Trinajstić information content (AvgIpc) is 2.95. The molecule has 1 fully saturated rings. The fraction of sp³-hybridized carbons (Fsp3) is 0.500. The van der Waals surface area contributed by atoms with E-state index >= 15 is 0 Å². The normalized spacial score (nSPS) is 19.0. The molecule has 0 aromatic heterocycles. The second kappa shape index (κ2) is 6.34. The fourth-order valence-electron chi connectivity index (χ4n) is 2.41. The van der Waals surface area contributed by atoms with Crippen LogP contribution in [-0.4, -0.2) is 44.6 Å². The van der Waals surface area contributed by atoms with Crippen molar-refractivity contribution in [3.05, 3.63) is 28.8 Å². The third-order valence-electron chi connectivity index (χ3n) is 3.81. The van der Waals surface area contributed by atoms with Crippen molar-refractivity contribution in [3.63, 3.8) is 0 Å². The number of amides is 1. The number of hydrogen-bond acceptors (Lipinski definition) is 4. The second-order valence-corrected chi connectivity index (χ2v) is 7.87. The highest BCUT2D eigenvalue weighted by Crippen LogP contribution is 2.25. The van der Waals surface area contributed by atoms with Crippen LogP contribution in [0.5, 0.6) is 0 Å². The molecule has 0 spiro atoms. The van der Waals surface area contributed by atoms with Crippen molar-refractivity contribution in [2.24, 2.45) is 11.7 Å². The third-order valence-corrected chi connectivity index (χ3v) is 5.88. The minimum atomic E-state index is -3.36. The fourth-order valence-corrected chi connectivity index (χ4v) is 3.51. The van der Waals surface area contributed by atoms with Gasteiger partial charge in [0.25, 0.3) is 5.91 Å². The summed E-state index contributed by atoms with van der Waals surface area (Å²) in [4.78, 5) is 14.3. The number of benzene rings is 1. The number of hydrogen-bond donors (Lipinski definition) is 1. The number of sulfone groups is 1. The van der Waals surface area contributed by atoms with Crippen molar-refractivity contribution < 1.29 is 13.2 Å². The van der Waals surface area contributed by atoms with Gasteiger partial charge in [0.1, 0.15) is 0 Å². The monoisotopic (exact) mass is 330 g/mol. The van der Waals surface area contributed by atoms with Gasteiger partial charge in [0.2, 0.25) is 0 Å². The molecule has 5 nitrogen and oxygen atoms in total. The predicted molar refractivity (Wildman–Crippen MR) is 82.2 cm³/mol. The van der Waals surface area contributed by atoms with E-state index in [9.17, 15) is 13.2 Å². The zero-order valence-electron chi connectivity index (χ0n) is 11.9. The van der Waals surface area contributed by atoms with E-state index in [1.54, 1.807) is 11.8 Å². The van der Waals surface area contributed by atoms with Gasteiger partial charge in [-0.15, -0.1) is 0 Å². The van der Waals surface area contributed by atoms with Gasteiger partial charge in [-0.25, -0.2) is 8.42 Å². The number of carbonyl (C=O) groups is 1. The molecule has 0 radical (unpaired) electrons. The zero-order chi connectivity index (χ0) is 15.6. The molecule has 1 aromatic rings. The number of halogens is 1. The van der Waals surface area contributed by atoms with Gasteiger partial charge in [0.05, 0.1) is 21.2 Å². The molecule has 1 aliphatic heterocycles. The van der Waals surface area contributed by atoms with Crippen LogP contribution in [0, 0.1) is 5.92 Å². The largest absolute Gasteiger partial charge is 0.338 e. The Bertz CT molecular complexity index is 646. The molecule has 2 rings (SSSR count). The molecule has 7 heteroatoms. The first kappa shape index (κ1) is 16.3. The Labute approximate surface area is 130 Å². The smallest absolute Gasteiger partial charge is 0.255 e. The van der Waals surface area contributed by atoms with E-state index in [0.717, 1.165) is 6.42 Å². The second-order valence-electron chi connectivity index (χ2n) is 5.19. The summed E-state index contributed by atoms with van der Waals surface area (Å²) in [6.45, 7) is 3.33. The van der Waals surface area contributed by atoms with Gasteiger partial charge in [-0.05, 0) is 37.1 Å². The van der Waals surface area contributed by atoms with Crippen LogP contribution < -0.4 is 5.73 Å². The zero-order valence-corrected chi connectivity index (χ0v) is 13.5. The van der Waals surface area contributed by atoms with Gasteiger partial charge >= 0.3 is 0 Å². The van der Waals surface area contributed by atoms with Crippen LogP contribution in [0.1, 0.15) is 23.7 Å². The molecular formula is C14H19ClN2O3S. The SMILES string of the molecule is CCS(=O)(=O)c1ccc(Cl)c(C(=O)N2CCC(CN)C2)c1. The van der Waals surface area contributed by atoms with E-state index in [1.165, 1.54) is 18.2 Å². The van der Waals surface area contributed by atoms with Gasteiger partial charge in [0.15, 0.2) is 9.84 Å². The van der Waals surface area contributed by atoms with Crippen molar-refractivity contribution in [1.29, 1.82) is 0 Å². The van der Waals surface area contributed by atoms with E-state index in [-0.39, 0.29) is 27.1 Å². The van der Waals surface area contributed by atoms with Gasteiger partial charge < -0.3 is 10.6 Å². The van der Waals surface area contributed by atoms with E-state index < -0.39 is 9.84 Å². The summed E-state index contributed by atoms with van der Waals surface area (Å²) < 4.78 is 23.8. The highest BCUT2D eigenvalue weighted by atomic mass is 35.5. The third kappa shape index (κ3) is 3.39. The number of likely N-dealkylation sites (tertiary alicyclic amines) is 1. The Morgan fingerprint density at radius 2 is 2.19 bits per heavy atom. The number of nitrogens with zero attached hydrogens (tertiary/aromatic N) is 1. The highest BCUT2D eigenvalue weighted by Gasteiger charge is 2.28. The number of carbonyl (C=O) groups excluding carboxylic acids is 1. The topological polar surface area (TPSA) is 80.5 Å². The van der Waals surface area contributed by atoms with Gasteiger partial charge in [-0.3, -0.25) is 4.79 Å². The molecular weight excluding hydrogens is 312 g/mol. The van der Waals surface area contributed by atoms with Gasteiger partial charge in [0, 0.05) is 13.1 Å². The lowest BCUT2D eigenvalue weighted by Crippen LogP contribution is -2.30. The Morgan fingerprint density at radius 3 is 2.76 bits per heavy atom. The molecule has 1 atom stereocenters. The van der Waals surface area contributed by atoms with Crippen LogP contribution in [0.25, 0.3) is 0 Å². The van der Waals surface area contributed by atoms with E-state index in [1.807, 2.05) is 0 Å². The molecule has 2 N–H and O–H groups in total. The van der Waals surface area contributed by atoms with E-state index in [2.05, 4.69) is 0 Å². The number of rotatable bonds is 4. The highest BCUT2D eigenvalue weighted by molar-refractivity contribution is 7.91. The number of nitrogens with two attached hydrogens (primary N) is 1. The van der Waals surface area contributed by atoms with Crippen LogP contribution >= 0.6 is 11.6 Å². The molecule has 1 aliphatic rings. The molecule has 116 valence electrons. The molecule has 1 saturated heterocycles. The van der Waals surface area contributed by atoms with Crippen LogP contribution in [0.4, 0.5) is 0 Å². The maximum atomic E-state index is 12.5. The summed E-state index contributed by atoms with van der Waals surface area (Å²) in [5.41, 5.74) is 5.86. The maximum Gasteiger partial charge on any atom is 0.255 e. The first-order chi connectivity index (χ1) is 9.89. The summed E-state index contributed by atoms with van der Waals surface area (Å²) in [5, 5.41) is 0.270. The lowest BCUT2D eigenvalue weighted by Gasteiger charge is -2.17. The van der Waals surface area contributed by atoms with E-state index in [0.29, 0.717) is 25.6 Å². The van der Waals surface area contributed by atoms with Gasteiger partial charge in [-0.2, -0.15) is 0 Å². The van der Waals surface area contributed by atoms with Crippen LogP contribution in [0.3, 0.4) is 0 Å². The molecule has 1 aromatic carbocycles. The van der Waals surface area contributed by atoms with Crippen LogP contribution in [-0.2, 0) is 9.84 Å². The molecule has 0 saturated carbocycles. The van der Waals surface area contributed by atoms with Crippen molar-refractivity contribution in [3.8, 4) is 0 Å². The summed E-state index contributed by atoms with van der Waals surface area (Å²) in [5.74, 6) is 0.0562. The van der Waals surface area contributed by atoms with Gasteiger partial charge in [-0.1, -0.05) is 18.5 Å². The lowest BCUT2D eigenvalue weighted by atomic mass is 10.1. The van der Waals surface area contributed by atoms with Crippen LogP contribution in [0.15, 0.2) is 23.1 Å². The van der Waals surface area contributed by atoms with Crippen molar-refractivity contribution >= 4 is 27.3 Å². The first-order valence-electron chi connectivity index (χ1n) is 6.90. The molecule has 1 heterocycles. The Kier molecular flexibility index (Phi) is 4.91.